The molecule has 0 aromatic carbocycles. The molecule has 0 saturated carbocycles. The Hall–Kier alpha value is -0.890. The number of halogens is 1. The lowest BCUT2D eigenvalue weighted by molar-refractivity contribution is -0.121. The minimum Gasteiger partial charge on any atom is -0.444 e. The van der Waals surface area contributed by atoms with E-state index in [1.165, 1.54) is 25.9 Å². The summed E-state index contributed by atoms with van der Waals surface area (Å²) in [7, 11) is 8.08. The minimum atomic E-state index is -0.460. The van der Waals surface area contributed by atoms with Gasteiger partial charge in [-0.2, -0.15) is 0 Å². The number of likely N-dealkylation sites (tertiary alicyclic amines) is 1. The average Bonchev–Trinajstić information content (AvgIpc) is 2.56. The zero-order chi connectivity index (χ0) is 20.2. The van der Waals surface area contributed by atoms with Crippen LogP contribution in [-0.4, -0.2) is 87.7 Å². The molecule has 2 aliphatic rings. The van der Waals surface area contributed by atoms with Crippen molar-refractivity contribution in [3.8, 4) is 0 Å². The molecular formula is C19H41ClN4O3. The summed E-state index contributed by atoms with van der Waals surface area (Å²) in [6, 6.07) is 0.825. The summed E-state index contributed by atoms with van der Waals surface area (Å²) >= 11 is 0. The first-order valence-corrected chi connectivity index (χ1v) is 9.56. The van der Waals surface area contributed by atoms with E-state index in [4.69, 9.17) is 4.74 Å². The number of nitrogens with zero attached hydrogens (tertiary/aromatic N) is 2. The number of ether oxygens (including phenoxy) is 1. The van der Waals surface area contributed by atoms with E-state index in [2.05, 4.69) is 29.6 Å². The fraction of sp³-hybridized carbons (Fsp3) is 0.895. The quantitative estimate of drug-likeness (QED) is 0.692. The van der Waals surface area contributed by atoms with Crippen LogP contribution in [0.25, 0.3) is 0 Å². The standard InChI is InChI=1S/C10H17NO3.C7H16N2.C2H7N.ClH/c1-10(2,3)14-9(13)11-6-4-8(12)5-7-11;1-9(2)7-3-5-8-6-4-7;1-3-2;/h4-7H2,1-3H3;7-8H,3-6H2,1-2H3;3H,1-2H3;1H. The molecule has 2 aliphatic heterocycles. The van der Waals surface area contributed by atoms with Crippen molar-refractivity contribution in [3.05, 3.63) is 0 Å². The second kappa shape index (κ2) is 15.1. The molecule has 0 bridgehead atoms. The highest BCUT2D eigenvalue weighted by Crippen LogP contribution is 2.13. The van der Waals surface area contributed by atoms with E-state index < -0.39 is 5.60 Å². The summed E-state index contributed by atoms with van der Waals surface area (Å²) in [6.07, 6.45) is 3.23. The molecule has 0 aromatic heterocycles. The molecule has 0 aliphatic carbocycles. The number of nitrogens with one attached hydrogen (secondary N) is 2. The third-order valence-electron chi connectivity index (χ3n) is 4.01. The van der Waals surface area contributed by atoms with E-state index in [-0.39, 0.29) is 24.3 Å². The van der Waals surface area contributed by atoms with Gasteiger partial charge >= 0.3 is 6.09 Å². The van der Waals surface area contributed by atoms with Gasteiger partial charge in [0.2, 0.25) is 0 Å². The molecule has 2 fully saturated rings. The predicted molar refractivity (Wildman–Crippen MR) is 114 cm³/mol. The van der Waals surface area contributed by atoms with Gasteiger partial charge in [-0.05, 0) is 74.9 Å². The molecule has 0 unspecified atom stereocenters. The van der Waals surface area contributed by atoms with Crippen LogP contribution in [0.4, 0.5) is 4.79 Å². The number of hydrogen-bond donors (Lipinski definition) is 2. The predicted octanol–water partition coefficient (Wildman–Crippen LogP) is 2.14. The zero-order valence-corrected chi connectivity index (χ0v) is 19.1. The van der Waals surface area contributed by atoms with Gasteiger partial charge in [-0.3, -0.25) is 4.79 Å². The first-order chi connectivity index (χ1) is 12.1. The normalized spacial score (nSPS) is 17.8. The van der Waals surface area contributed by atoms with Gasteiger partial charge in [-0.15, -0.1) is 12.4 Å². The summed E-state index contributed by atoms with van der Waals surface area (Å²) in [4.78, 5) is 26.4. The van der Waals surface area contributed by atoms with Gasteiger partial charge in [0.15, 0.2) is 0 Å². The lowest BCUT2D eigenvalue weighted by Crippen LogP contribution is -2.41. The molecule has 7 nitrogen and oxygen atoms in total. The van der Waals surface area contributed by atoms with Gasteiger partial charge in [-0.1, -0.05) is 0 Å². The Bertz CT molecular complexity index is 398. The molecule has 27 heavy (non-hydrogen) atoms. The lowest BCUT2D eigenvalue weighted by Gasteiger charge is -2.29. The summed E-state index contributed by atoms with van der Waals surface area (Å²) in [5.74, 6) is 0.227. The van der Waals surface area contributed by atoms with Crippen molar-refractivity contribution < 1.29 is 14.3 Å². The molecule has 0 radical (unpaired) electrons. The van der Waals surface area contributed by atoms with Crippen LogP contribution in [0.15, 0.2) is 0 Å². The maximum atomic E-state index is 11.5. The number of Topliss-reactive ketones (excluding diaryl/α,β-unsaturated/α-hetero) is 1. The van der Waals surface area contributed by atoms with E-state index in [0.29, 0.717) is 25.9 Å². The number of piperidine rings is 2. The fourth-order valence-corrected chi connectivity index (χ4v) is 2.59. The second-order valence-electron chi connectivity index (χ2n) is 7.95. The minimum absolute atomic E-state index is 0. The maximum absolute atomic E-state index is 11.5. The van der Waals surface area contributed by atoms with Crippen LogP contribution in [0.2, 0.25) is 0 Å². The number of carbonyl (C=O) groups excluding carboxylic acids is 2. The highest BCUT2D eigenvalue weighted by molar-refractivity contribution is 5.85. The Labute approximate surface area is 172 Å². The first-order valence-electron chi connectivity index (χ1n) is 9.56. The largest absolute Gasteiger partial charge is 0.444 e. The van der Waals surface area contributed by atoms with Crippen molar-refractivity contribution in [2.75, 3.05) is 54.4 Å². The number of rotatable bonds is 1. The Morgan fingerprint density at radius 3 is 1.93 bits per heavy atom. The Balaban J connectivity index is 0. The molecule has 0 atom stereocenters. The molecule has 2 heterocycles. The van der Waals surface area contributed by atoms with Gasteiger partial charge in [0.25, 0.3) is 0 Å². The summed E-state index contributed by atoms with van der Waals surface area (Å²) in [5.41, 5.74) is -0.460. The third kappa shape index (κ3) is 14.8. The molecule has 162 valence electrons. The molecule has 8 heteroatoms. The van der Waals surface area contributed by atoms with E-state index in [9.17, 15) is 9.59 Å². The van der Waals surface area contributed by atoms with Crippen LogP contribution in [0.1, 0.15) is 46.5 Å². The van der Waals surface area contributed by atoms with Crippen molar-refractivity contribution in [1.29, 1.82) is 0 Å². The number of ketones is 1. The van der Waals surface area contributed by atoms with Crippen molar-refractivity contribution in [2.45, 2.75) is 58.1 Å². The van der Waals surface area contributed by atoms with E-state index >= 15 is 0 Å². The van der Waals surface area contributed by atoms with Gasteiger partial charge in [0.05, 0.1) is 0 Å². The van der Waals surface area contributed by atoms with Crippen LogP contribution in [0.5, 0.6) is 0 Å². The summed E-state index contributed by atoms with van der Waals surface area (Å²) < 4.78 is 5.19. The van der Waals surface area contributed by atoms with Crippen molar-refractivity contribution in [2.24, 2.45) is 0 Å². The van der Waals surface area contributed by atoms with Gasteiger partial charge in [-0.25, -0.2) is 4.79 Å². The van der Waals surface area contributed by atoms with Crippen LogP contribution in [0.3, 0.4) is 0 Å². The smallest absolute Gasteiger partial charge is 0.410 e. The third-order valence-corrected chi connectivity index (χ3v) is 4.01. The molecular weight excluding hydrogens is 368 g/mol. The Morgan fingerprint density at radius 1 is 1.15 bits per heavy atom. The van der Waals surface area contributed by atoms with E-state index in [0.717, 1.165) is 6.04 Å². The number of carbonyl (C=O) groups is 2. The van der Waals surface area contributed by atoms with E-state index in [1.807, 2.05) is 34.9 Å². The molecule has 0 spiro atoms. The van der Waals surface area contributed by atoms with Crippen molar-refractivity contribution in [1.82, 2.24) is 20.4 Å². The number of amides is 1. The van der Waals surface area contributed by atoms with Crippen LogP contribution in [-0.2, 0) is 9.53 Å². The van der Waals surface area contributed by atoms with Crippen molar-refractivity contribution in [3.63, 3.8) is 0 Å². The molecule has 0 aromatic rings. The van der Waals surface area contributed by atoms with Gasteiger partial charge in [0.1, 0.15) is 11.4 Å². The SMILES string of the molecule is CC(C)(C)OC(=O)N1CCC(=O)CC1.CN(C)C1CCNCC1.CNC.Cl. The van der Waals surface area contributed by atoms with Crippen LogP contribution in [0, 0.1) is 0 Å². The van der Waals surface area contributed by atoms with Crippen molar-refractivity contribution >= 4 is 24.3 Å². The Kier molecular flexibility index (Phi) is 15.8. The first kappa shape index (κ1) is 28.3. The second-order valence-corrected chi connectivity index (χ2v) is 7.95. The fourth-order valence-electron chi connectivity index (χ4n) is 2.59. The Morgan fingerprint density at radius 2 is 1.59 bits per heavy atom. The van der Waals surface area contributed by atoms with Crippen LogP contribution >= 0.6 is 12.4 Å². The monoisotopic (exact) mass is 408 g/mol. The average molecular weight is 409 g/mol. The van der Waals surface area contributed by atoms with Crippen LogP contribution < -0.4 is 10.6 Å². The summed E-state index contributed by atoms with van der Waals surface area (Å²) in [6.45, 7) is 8.88. The molecule has 2 saturated heterocycles. The molecule has 2 rings (SSSR count). The topological polar surface area (TPSA) is 73.9 Å². The highest BCUT2D eigenvalue weighted by Gasteiger charge is 2.25. The lowest BCUT2D eigenvalue weighted by atomic mass is 10.1. The molecule has 1 amide bonds. The summed E-state index contributed by atoms with van der Waals surface area (Å²) in [5, 5.41) is 6.09. The van der Waals surface area contributed by atoms with Gasteiger partial charge < -0.3 is 25.2 Å². The molecule has 2 N–H and O–H groups in total. The number of hydrogen-bond acceptors (Lipinski definition) is 6. The zero-order valence-electron chi connectivity index (χ0n) is 18.3. The highest BCUT2D eigenvalue weighted by atomic mass is 35.5. The van der Waals surface area contributed by atoms with E-state index in [1.54, 1.807) is 4.90 Å². The maximum Gasteiger partial charge on any atom is 0.410 e. The van der Waals surface area contributed by atoms with Gasteiger partial charge in [0, 0.05) is 32.0 Å².